The summed E-state index contributed by atoms with van der Waals surface area (Å²) in [6, 6.07) is -0.299. The van der Waals surface area contributed by atoms with Crippen LogP contribution in [-0.2, 0) is 14.4 Å². The van der Waals surface area contributed by atoms with Gasteiger partial charge in [-0.2, -0.15) is 0 Å². The van der Waals surface area contributed by atoms with E-state index in [-0.39, 0.29) is 23.8 Å². The minimum Gasteiger partial charge on any atom is -0.342 e. The van der Waals surface area contributed by atoms with E-state index in [2.05, 4.69) is 9.80 Å². The Morgan fingerprint density at radius 1 is 1.00 bits per heavy atom. The Labute approximate surface area is 144 Å². The molecule has 1 atom stereocenters. The third-order valence-electron chi connectivity index (χ3n) is 5.77. The first-order chi connectivity index (χ1) is 11.6. The fourth-order valence-corrected chi connectivity index (χ4v) is 4.29. The molecule has 3 aliphatic heterocycles. The molecule has 3 rings (SSSR count). The van der Waals surface area contributed by atoms with E-state index >= 15 is 0 Å². The number of hydrogen-bond donors (Lipinski definition) is 0. The highest BCUT2D eigenvalue weighted by molar-refractivity contribution is 6.05. The molecule has 0 unspecified atom stereocenters. The molecule has 3 amide bonds. The van der Waals surface area contributed by atoms with E-state index in [1.54, 1.807) is 0 Å². The summed E-state index contributed by atoms with van der Waals surface area (Å²) >= 11 is 0. The van der Waals surface area contributed by atoms with Gasteiger partial charge in [0.1, 0.15) is 0 Å². The van der Waals surface area contributed by atoms with Crippen molar-refractivity contribution in [2.45, 2.75) is 57.9 Å². The van der Waals surface area contributed by atoms with Gasteiger partial charge in [-0.05, 0) is 45.7 Å². The topological polar surface area (TPSA) is 60.9 Å². The van der Waals surface area contributed by atoms with Crippen LogP contribution in [0.1, 0.15) is 51.9 Å². The lowest BCUT2D eigenvalue weighted by Crippen LogP contribution is -2.48. The van der Waals surface area contributed by atoms with Crippen LogP contribution in [0.3, 0.4) is 0 Å². The maximum atomic E-state index is 12.7. The summed E-state index contributed by atoms with van der Waals surface area (Å²) in [5.74, 6) is 0.282. The van der Waals surface area contributed by atoms with Crippen molar-refractivity contribution in [1.82, 2.24) is 14.7 Å². The summed E-state index contributed by atoms with van der Waals surface area (Å²) in [5, 5.41) is 0. The smallest absolute Gasteiger partial charge is 0.247 e. The summed E-state index contributed by atoms with van der Waals surface area (Å²) in [7, 11) is 0. The summed E-state index contributed by atoms with van der Waals surface area (Å²) in [6.45, 7) is 5.58. The molecule has 3 heterocycles. The van der Waals surface area contributed by atoms with Gasteiger partial charge in [-0.15, -0.1) is 0 Å². The van der Waals surface area contributed by atoms with Crippen LogP contribution >= 0.6 is 0 Å². The average molecular weight is 335 g/mol. The Kier molecular flexibility index (Phi) is 5.54. The molecule has 3 aliphatic rings. The van der Waals surface area contributed by atoms with Gasteiger partial charge in [-0.1, -0.05) is 12.8 Å². The van der Waals surface area contributed by atoms with Crippen molar-refractivity contribution in [3.05, 3.63) is 0 Å². The first-order valence-electron chi connectivity index (χ1n) is 9.49. The third kappa shape index (κ3) is 3.48. The molecule has 0 aromatic rings. The molecule has 6 heteroatoms. The predicted molar refractivity (Wildman–Crippen MR) is 90.1 cm³/mol. The van der Waals surface area contributed by atoms with Gasteiger partial charge in [0.25, 0.3) is 0 Å². The molecule has 0 saturated carbocycles. The second-order valence-corrected chi connectivity index (χ2v) is 7.25. The summed E-state index contributed by atoms with van der Waals surface area (Å²) in [4.78, 5) is 42.5. The number of carbonyl (C=O) groups excluding carboxylic acids is 3. The van der Waals surface area contributed by atoms with Gasteiger partial charge in [0.05, 0.1) is 12.5 Å². The number of amides is 3. The van der Waals surface area contributed by atoms with Gasteiger partial charge in [0, 0.05) is 25.6 Å². The van der Waals surface area contributed by atoms with Gasteiger partial charge in [-0.25, -0.2) is 0 Å². The Morgan fingerprint density at radius 2 is 1.62 bits per heavy atom. The first kappa shape index (κ1) is 17.4. The molecular weight excluding hydrogens is 306 g/mol. The van der Waals surface area contributed by atoms with E-state index in [4.69, 9.17) is 0 Å². The Hall–Kier alpha value is -1.43. The predicted octanol–water partition coefficient (Wildman–Crippen LogP) is 1.25. The molecular formula is C18H29N3O3. The van der Waals surface area contributed by atoms with Crippen molar-refractivity contribution in [2.24, 2.45) is 5.92 Å². The van der Waals surface area contributed by atoms with Crippen LogP contribution in [0.15, 0.2) is 0 Å². The van der Waals surface area contributed by atoms with E-state index in [9.17, 15) is 14.4 Å². The van der Waals surface area contributed by atoms with Crippen LogP contribution < -0.4 is 0 Å². The molecule has 134 valence electrons. The van der Waals surface area contributed by atoms with Crippen molar-refractivity contribution in [1.29, 1.82) is 0 Å². The molecule has 0 spiro atoms. The van der Waals surface area contributed by atoms with Crippen molar-refractivity contribution in [3.8, 4) is 0 Å². The van der Waals surface area contributed by atoms with Crippen molar-refractivity contribution in [3.63, 3.8) is 0 Å². The lowest BCUT2D eigenvalue weighted by molar-refractivity contribution is -0.139. The van der Waals surface area contributed by atoms with Crippen LogP contribution in [0.4, 0.5) is 0 Å². The zero-order valence-electron chi connectivity index (χ0n) is 14.7. The summed E-state index contributed by atoms with van der Waals surface area (Å²) in [6.07, 6.45) is 6.62. The molecule has 0 bridgehead atoms. The van der Waals surface area contributed by atoms with E-state index in [1.165, 1.54) is 17.7 Å². The third-order valence-corrected chi connectivity index (χ3v) is 5.77. The second kappa shape index (κ2) is 7.64. The Bertz CT molecular complexity index is 492. The fourth-order valence-electron chi connectivity index (χ4n) is 4.29. The molecule has 3 fully saturated rings. The molecule has 24 heavy (non-hydrogen) atoms. The lowest BCUT2D eigenvalue weighted by Gasteiger charge is -2.36. The maximum absolute atomic E-state index is 12.7. The van der Waals surface area contributed by atoms with Crippen LogP contribution in [0.25, 0.3) is 0 Å². The minimum atomic E-state index is -0.299. The Morgan fingerprint density at radius 3 is 2.17 bits per heavy atom. The Balaban J connectivity index is 1.53. The molecule has 0 aromatic carbocycles. The SMILES string of the molecule is CCN1C(=O)C[C@@H](N2CCC(C(=O)N3CCCCCC3)CC2)C1=O. The fraction of sp³-hybridized carbons (Fsp3) is 0.833. The highest BCUT2D eigenvalue weighted by Crippen LogP contribution is 2.26. The standard InChI is InChI=1S/C18H29N3O3/c1-2-21-16(22)13-15(18(21)24)19-11-7-14(8-12-19)17(23)20-9-5-3-4-6-10-20/h14-15H,2-13H2,1H3/t15-/m1/s1. The molecule has 6 nitrogen and oxygen atoms in total. The average Bonchev–Trinajstić information content (AvgIpc) is 2.78. The molecule has 0 aromatic heterocycles. The molecule has 0 N–H and O–H groups in total. The van der Waals surface area contributed by atoms with E-state index in [0.29, 0.717) is 18.9 Å². The normalized spacial score (nSPS) is 27.6. The van der Waals surface area contributed by atoms with Gasteiger partial charge < -0.3 is 4.90 Å². The van der Waals surface area contributed by atoms with E-state index < -0.39 is 0 Å². The van der Waals surface area contributed by atoms with Gasteiger partial charge in [0.2, 0.25) is 17.7 Å². The van der Waals surface area contributed by atoms with Crippen LogP contribution in [0.5, 0.6) is 0 Å². The number of imide groups is 1. The lowest BCUT2D eigenvalue weighted by atomic mass is 9.94. The van der Waals surface area contributed by atoms with Gasteiger partial charge in [-0.3, -0.25) is 24.2 Å². The largest absolute Gasteiger partial charge is 0.342 e. The maximum Gasteiger partial charge on any atom is 0.247 e. The quantitative estimate of drug-likeness (QED) is 0.728. The van der Waals surface area contributed by atoms with Crippen molar-refractivity contribution < 1.29 is 14.4 Å². The molecule has 0 radical (unpaired) electrons. The van der Waals surface area contributed by atoms with Gasteiger partial charge in [0.15, 0.2) is 0 Å². The molecule has 0 aliphatic carbocycles. The molecule has 3 saturated heterocycles. The first-order valence-corrected chi connectivity index (χ1v) is 9.49. The number of rotatable bonds is 3. The van der Waals surface area contributed by atoms with Gasteiger partial charge >= 0.3 is 0 Å². The van der Waals surface area contributed by atoms with Crippen molar-refractivity contribution in [2.75, 3.05) is 32.7 Å². The van der Waals surface area contributed by atoms with Crippen LogP contribution in [0, 0.1) is 5.92 Å². The zero-order chi connectivity index (χ0) is 17.1. The highest BCUT2D eigenvalue weighted by atomic mass is 16.2. The van der Waals surface area contributed by atoms with E-state index in [0.717, 1.165) is 51.9 Å². The number of nitrogens with zero attached hydrogens (tertiary/aromatic N) is 3. The highest BCUT2D eigenvalue weighted by Gasteiger charge is 2.42. The van der Waals surface area contributed by atoms with E-state index in [1.807, 2.05) is 6.92 Å². The van der Waals surface area contributed by atoms with Crippen molar-refractivity contribution >= 4 is 17.7 Å². The zero-order valence-corrected chi connectivity index (χ0v) is 14.7. The monoisotopic (exact) mass is 335 g/mol. The number of likely N-dealkylation sites (tertiary alicyclic amines) is 3. The number of likely N-dealkylation sites (N-methyl/N-ethyl adjacent to an activating group) is 1. The second-order valence-electron chi connectivity index (χ2n) is 7.25. The minimum absolute atomic E-state index is 0.0557. The van der Waals surface area contributed by atoms with Crippen LogP contribution in [-0.4, -0.2) is 71.2 Å². The summed E-state index contributed by atoms with van der Waals surface area (Å²) in [5.41, 5.74) is 0. The number of carbonyl (C=O) groups is 3. The number of hydrogen-bond acceptors (Lipinski definition) is 4. The number of piperidine rings is 1. The summed E-state index contributed by atoms with van der Waals surface area (Å²) < 4.78 is 0. The van der Waals surface area contributed by atoms with Crippen LogP contribution in [0.2, 0.25) is 0 Å².